The van der Waals surface area contributed by atoms with Gasteiger partial charge in [0, 0.05) is 32.6 Å². The molecule has 2 aromatic heterocycles. The fourth-order valence-corrected chi connectivity index (χ4v) is 3.42. The van der Waals surface area contributed by atoms with Crippen molar-refractivity contribution in [2.24, 2.45) is 0 Å². The molecule has 100 valence electrons. The number of H-pyrrole nitrogens is 1. The molecule has 0 saturated carbocycles. The normalized spacial score (nSPS) is 12.0. The van der Waals surface area contributed by atoms with Crippen LogP contribution in [-0.2, 0) is 0 Å². The Morgan fingerprint density at radius 2 is 1.57 bits per heavy atom. The summed E-state index contributed by atoms with van der Waals surface area (Å²) in [5.41, 5.74) is 5.50. The maximum absolute atomic E-state index is 6.05. The average molecular weight is 271 g/mol. The summed E-state index contributed by atoms with van der Waals surface area (Å²) in [4.78, 5) is 3.50. The van der Waals surface area contributed by atoms with E-state index in [9.17, 15) is 0 Å². The maximum Gasteiger partial charge on any atom is 0.136 e. The van der Waals surface area contributed by atoms with Gasteiger partial charge >= 0.3 is 0 Å². The minimum absolute atomic E-state index is 0.955. The number of hydrogen-bond acceptors (Lipinski definition) is 1. The average Bonchev–Trinajstić information content (AvgIpc) is 3.04. The predicted octanol–water partition coefficient (Wildman–Crippen LogP) is 5.53. The second kappa shape index (κ2) is 3.67. The molecule has 0 atom stereocenters. The van der Waals surface area contributed by atoms with Gasteiger partial charge < -0.3 is 9.40 Å². The first-order valence-corrected chi connectivity index (χ1v) is 7.14. The van der Waals surface area contributed by atoms with Crippen molar-refractivity contribution in [3.63, 3.8) is 0 Å². The van der Waals surface area contributed by atoms with Gasteiger partial charge in [0.1, 0.15) is 11.2 Å². The number of nitrogens with one attached hydrogen (secondary N) is 1. The molecule has 0 amide bonds. The maximum atomic E-state index is 6.05. The monoisotopic (exact) mass is 271 g/mol. The van der Waals surface area contributed by atoms with E-state index in [-0.39, 0.29) is 0 Å². The van der Waals surface area contributed by atoms with E-state index in [1.54, 1.807) is 0 Å². The summed E-state index contributed by atoms with van der Waals surface area (Å²) in [5, 5.41) is 4.96. The second-order valence-corrected chi connectivity index (χ2v) is 5.58. The molecule has 2 nitrogen and oxygen atoms in total. The molecule has 5 aromatic rings. The summed E-state index contributed by atoms with van der Waals surface area (Å²) in [6.07, 6.45) is 0. The number of aromatic nitrogens is 1. The molecule has 0 saturated heterocycles. The van der Waals surface area contributed by atoms with Gasteiger partial charge in [-0.1, -0.05) is 30.3 Å². The van der Waals surface area contributed by atoms with Crippen LogP contribution in [0.3, 0.4) is 0 Å². The van der Waals surface area contributed by atoms with E-state index in [0.717, 1.165) is 16.7 Å². The fourth-order valence-electron chi connectivity index (χ4n) is 3.42. The number of furan rings is 1. The van der Waals surface area contributed by atoms with Crippen LogP contribution in [0.15, 0.2) is 59.0 Å². The summed E-state index contributed by atoms with van der Waals surface area (Å²) in [6, 6.07) is 18.8. The lowest BCUT2D eigenvalue weighted by molar-refractivity contribution is 0.669. The highest BCUT2D eigenvalue weighted by Gasteiger charge is 2.15. The Hall–Kier alpha value is -2.74. The molecule has 0 fully saturated rings. The van der Waals surface area contributed by atoms with Crippen molar-refractivity contribution in [1.29, 1.82) is 0 Å². The number of rotatable bonds is 0. The first-order valence-electron chi connectivity index (χ1n) is 7.14. The summed E-state index contributed by atoms with van der Waals surface area (Å²) in [6.45, 7) is 2.14. The van der Waals surface area contributed by atoms with Crippen LogP contribution in [0.1, 0.15) is 5.56 Å². The number of benzene rings is 3. The van der Waals surface area contributed by atoms with E-state index >= 15 is 0 Å². The highest BCUT2D eigenvalue weighted by atomic mass is 16.3. The van der Waals surface area contributed by atoms with Crippen LogP contribution in [0.5, 0.6) is 0 Å². The minimum atomic E-state index is 0.955. The predicted molar refractivity (Wildman–Crippen MR) is 87.8 cm³/mol. The molecule has 1 N–H and O–H groups in total. The molecule has 0 radical (unpaired) electrons. The second-order valence-electron chi connectivity index (χ2n) is 5.58. The molecular formula is C19H13NO. The van der Waals surface area contributed by atoms with E-state index in [1.807, 2.05) is 12.1 Å². The van der Waals surface area contributed by atoms with Gasteiger partial charge in [0.2, 0.25) is 0 Å². The molecule has 2 heteroatoms. The Balaban J connectivity index is 2.19. The molecule has 0 aliphatic rings. The minimum Gasteiger partial charge on any atom is -0.456 e. The SMILES string of the molecule is Cc1cccc2oc3ccc4[nH]c5ccccc5c4c3c12. The molecule has 0 unspecified atom stereocenters. The molecule has 0 spiro atoms. The van der Waals surface area contributed by atoms with Crippen LogP contribution in [-0.4, -0.2) is 4.98 Å². The van der Waals surface area contributed by atoms with Gasteiger partial charge in [-0.15, -0.1) is 0 Å². The van der Waals surface area contributed by atoms with Gasteiger partial charge in [0.05, 0.1) is 0 Å². The first-order chi connectivity index (χ1) is 10.3. The number of aromatic amines is 1. The van der Waals surface area contributed by atoms with E-state index in [4.69, 9.17) is 4.42 Å². The Morgan fingerprint density at radius 1 is 0.714 bits per heavy atom. The highest BCUT2D eigenvalue weighted by molar-refractivity contribution is 6.27. The van der Waals surface area contributed by atoms with Crippen molar-refractivity contribution in [2.75, 3.05) is 0 Å². The molecule has 0 aliphatic carbocycles. The van der Waals surface area contributed by atoms with Gasteiger partial charge in [-0.05, 0) is 36.8 Å². The van der Waals surface area contributed by atoms with Crippen LogP contribution < -0.4 is 0 Å². The quantitative estimate of drug-likeness (QED) is 0.394. The third kappa shape index (κ3) is 1.32. The molecule has 2 heterocycles. The van der Waals surface area contributed by atoms with Gasteiger partial charge in [-0.2, -0.15) is 0 Å². The van der Waals surface area contributed by atoms with E-state index in [0.29, 0.717) is 0 Å². The van der Waals surface area contributed by atoms with E-state index in [1.165, 1.54) is 32.6 Å². The van der Waals surface area contributed by atoms with Crippen LogP contribution in [0.25, 0.3) is 43.7 Å². The summed E-state index contributed by atoms with van der Waals surface area (Å²) < 4.78 is 6.05. The lowest BCUT2D eigenvalue weighted by Gasteiger charge is -1.97. The van der Waals surface area contributed by atoms with E-state index < -0.39 is 0 Å². The van der Waals surface area contributed by atoms with Crippen LogP contribution in [0.2, 0.25) is 0 Å². The highest BCUT2D eigenvalue weighted by Crippen LogP contribution is 2.39. The van der Waals surface area contributed by atoms with E-state index in [2.05, 4.69) is 54.4 Å². The van der Waals surface area contributed by atoms with Gasteiger partial charge in [0.25, 0.3) is 0 Å². The van der Waals surface area contributed by atoms with Crippen molar-refractivity contribution in [1.82, 2.24) is 4.98 Å². The standard InChI is InChI=1S/C19H13NO/c1-11-5-4-8-15-17(11)19-16(21-15)10-9-14-18(19)12-6-2-3-7-13(12)20-14/h2-10,20H,1H3. The Bertz CT molecular complexity index is 1140. The smallest absolute Gasteiger partial charge is 0.136 e. The Morgan fingerprint density at radius 3 is 2.52 bits per heavy atom. The lowest BCUT2D eigenvalue weighted by Crippen LogP contribution is -1.75. The molecule has 0 bridgehead atoms. The third-order valence-electron chi connectivity index (χ3n) is 4.34. The molecular weight excluding hydrogens is 258 g/mol. The molecule has 3 aromatic carbocycles. The zero-order valence-electron chi connectivity index (χ0n) is 11.6. The third-order valence-corrected chi connectivity index (χ3v) is 4.34. The van der Waals surface area contributed by atoms with Gasteiger partial charge in [0.15, 0.2) is 0 Å². The number of fused-ring (bicyclic) bond motifs is 7. The molecule has 0 aliphatic heterocycles. The van der Waals surface area contributed by atoms with Crippen LogP contribution >= 0.6 is 0 Å². The molecule has 5 rings (SSSR count). The molecule has 21 heavy (non-hydrogen) atoms. The summed E-state index contributed by atoms with van der Waals surface area (Å²) in [7, 11) is 0. The van der Waals surface area contributed by atoms with Crippen molar-refractivity contribution >= 4 is 43.7 Å². The van der Waals surface area contributed by atoms with Crippen LogP contribution in [0, 0.1) is 6.92 Å². The Kier molecular flexibility index (Phi) is 1.92. The van der Waals surface area contributed by atoms with Crippen molar-refractivity contribution < 1.29 is 4.42 Å². The van der Waals surface area contributed by atoms with Gasteiger partial charge in [-0.25, -0.2) is 0 Å². The van der Waals surface area contributed by atoms with Crippen molar-refractivity contribution in [3.05, 3.63) is 60.2 Å². The van der Waals surface area contributed by atoms with Crippen LogP contribution in [0.4, 0.5) is 0 Å². The number of para-hydroxylation sites is 1. The number of aryl methyl sites for hydroxylation is 1. The summed E-state index contributed by atoms with van der Waals surface area (Å²) >= 11 is 0. The zero-order chi connectivity index (χ0) is 14.0. The lowest BCUT2D eigenvalue weighted by atomic mass is 10.0. The van der Waals surface area contributed by atoms with Crippen molar-refractivity contribution in [2.45, 2.75) is 6.92 Å². The fraction of sp³-hybridized carbons (Fsp3) is 0.0526. The first kappa shape index (κ1) is 11.0. The topological polar surface area (TPSA) is 28.9 Å². The Labute approximate surface area is 121 Å². The van der Waals surface area contributed by atoms with Crippen molar-refractivity contribution in [3.8, 4) is 0 Å². The number of hydrogen-bond donors (Lipinski definition) is 1. The zero-order valence-corrected chi connectivity index (χ0v) is 11.6. The summed E-state index contributed by atoms with van der Waals surface area (Å²) in [5.74, 6) is 0. The largest absolute Gasteiger partial charge is 0.456 e. The van der Waals surface area contributed by atoms with Gasteiger partial charge in [-0.3, -0.25) is 0 Å².